The van der Waals surface area contributed by atoms with Gasteiger partial charge in [0.1, 0.15) is 17.4 Å². The number of benzene rings is 1. The molecular formula is C14H16F2N2O3. The molecule has 0 spiro atoms. The van der Waals surface area contributed by atoms with E-state index in [9.17, 15) is 18.4 Å². The SMILES string of the molecule is CCOC(=O)C1CCCN1C(=O)c1c(F)ccc(N)c1F. The molecule has 1 saturated heterocycles. The van der Waals surface area contributed by atoms with Crippen LogP contribution in [0.15, 0.2) is 12.1 Å². The van der Waals surface area contributed by atoms with E-state index in [4.69, 9.17) is 10.5 Å². The average molecular weight is 298 g/mol. The molecule has 1 unspecified atom stereocenters. The van der Waals surface area contributed by atoms with E-state index < -0.39 is 35.1 Å². The standard InChI is InChI=1S/C14H16F2N2O3/c1-2-21-14(20)10-4-3-7-18(10)13(19)11-8(15)5-6-9(17)12(11)16/h5-6,10H,2-4,7,17H2,1H3. The van der Waals surface area contributed by atoms with Gasteiger partial charge in [0.2, 0.25) is 0 Å². The molecule has 5 nitrogen and oxygen atoms in total. The van der Waals surface area contributed by atoms with E-state index >= 15 is 0 Å². The van der Waals surface area contributed by atoms with Crippen molar-refractivity contribution in [3.8, 4) is 0 Å². The lowest BCUT2D eigenvalue weighted by molar-refractivity contribution is -0.147. The van der Waals surface area contributed by atoms with Gasteiger partial charge in [-0.25, -0.2) is 13.6 Å². The van der Waals surface area contributed by atoms with Crippen molar-refractivity contribution in [2.24, 2.45) is 0 Å². The maximum Gasteiger partial charge on any atom is 0.328 e. The monoisotopic (exact) mass is 298 g/mol. The third-order valence-electron chi connectivity index (χ3n) is 3.41. The van der Waals surface area contributed by atoms with Gasteiger partial charge in [-0.2, -0.15) is 0 Å². The second-order valence-corrected chi connectivity index (χ2v) is 4.73. The van der Waals surface area contributed by atoms with E-state index in [1.165, 1.54) is 0 Å². The number of hydrogen-bond donors (Lipinski definition) is 1. The summed E-state index contributed by atoms with van der Waals surface area (Å²) >= 11 is 0. The van der Waals surface area contributed by atoms with Crippen LogP contribution in [0, 0.1) is 11.6 Å². The first kappa shape index (κ1) is 15.2. The Hall–Kier alpha value is -2.18. The minimum atomic E-state index is -1.10. The molecule has 0 bridgehead atoms. The molecule has 1 aromatic carbocycles. The Kier molecular flexibility index (Phi) is 4.40. The molecule has 1 aliphatic heterocycles. The third-order valence-corrected chi connectivity index (χ3v) is 3.41. The van der Waals surface area contributed by atoms with E-state index in [2.05, 4.69) is 0 Å². The van der Waals surface area contributed by atoms with E-state index in [0.29, 0.717) is 12.8 Å². The first-order valence-electron chi connectivity index (χ1n) is 6.68. The number of carbonyl (C=O) groups excluding carboxylic acids is 2. The van der Waals surface area contributed by atoms with Gasteiger partial charge in [-0.1, -0.05) is 0 Å². The van der Waals surface area contributed by atoms with E-state index in [-0.39, 0.29) is 18.8 Å². The van der Waals surface area contributed by atoms with Crippen molar-refractivity contribution in [3.63, 3.8) is 0 Å². The van der Waals surface area contributed by atoms with Crippen molar-refractivity contribution in [2.75, 3.05) is 18.9 Å². The summed E-state index contributed by atoms with van der Waals surface area (Å²) in [6, 6.07) is 1.17. The number of nitrogens with zero attached hydrogens (tertiary/aromatic N) is 1. The molecular weight excluding hydrogens is 282 g/mol. The first-order valence-corrected chi connectivity index (χ1v) is 6.68. The number of halogens is 2. The lowest BCUT2D eigenvalue weighted by atomic mass is 10.1. The molecule has 7 heteroatoms. The molecule has 0 aliphatic carbocycles. The summed E-state index contributed by atoms with van der Waals surface area (Å²) < 4.78 is 32.5. The van der Waals surface area contributed by atoms with Crippen LogP contribution in [-0.2, 0) is 9.53 Å². The molecule has 1 atom stereocenters. The van der Waals surface area contributed by atoms with Crippen molar-refractivity contribution in [1.29, 1.82) is 0 Å². The van der Waals surface area contributed by atoms with Crippen molar-refractivity contribution >= 4 is 17.6 Å². The maximum atomic E-state index is 13.9. The summed E-state index contributed by atoms with van der Waals surface area (Å²) in [5, 5.41) is 0. The van der Waals surface area contributed by atoms with Gasteiger partial charge in [0, 0.05) is 6.54 Å². The number of carbonyl (C=O) groups is 2. The predicted molar refractivity (Wildman–Crippen MR) is 71.5 cm³/mol. The van der Waals surface area contributed by atoms with Gasteiger partial charge in [-0.05, 0) is 31.9 Å². The van der Waals surface area contributed by atoms with Crippen LogP contribution in [0.5, 0.6) is 0 Å². The quantitative estimate of drug-likeness (QED) is 0.681. The fourth-order valence-electron chi connectivity index (χ4n) is 2.40. The number of nitrogens with two attached hydrogens (primary N) is 1. The second kappa shape index (κ2) is 6.07. The topological polar surface area (TPSA) is 72.6 Å². The van der Waals surface area contributed by atoms with Crippen LogP contribution >= 0.6 is 0 Å². The zero-order chi connectivity index (χ0) is 15.6. The molecule has 1 fully saturated rings. The number of likely N-dealkylation sites (tertiary alicyclic amines) is 1. The summed E-state index contributed by atoms with van der Waals surface area (Å²) in [4.78, 5) is 25.3. The number of amides is 1. The van der Waals surface area contributed by atoms with Crippen molar-refractivity contribution in [3.05, 3.63) is 29.3 Å². The molecule has 2 rings (SSSR count). The summed E-state index contributed by atoms with van der Waals surface area (Å²) in [6.45, 7) is 2.07. The molecule has 1 aliphatic rings. The van der Waals surface area contributed by atoms with Gasteiger partial charge < -0.3 is 15.4 Å². The molecule has 0 radical (unpaired) electrons. The highest BCUT2D eigenvalue weighted by Crippen LogP contribution is 2.25. The first-order chi connectivity index (χ1) is 9.97. The lowest BCUT2D eigenvalue weighted by Crippen LogP contribution is -2.42. The van der Waals surface area contributed by atoms with E-state index in [1.807, 2.05) is 0 Å². The summed E-state index contributed by atoms with van der Waals surface area (Å²) in [6.07, 6.45) is 0.983. The molecule has 1 heterocycles. The van der Waals surface area contributed by atoms with Crippen LogP contribution < -0.4 is 5.73 Å². The smallest absolute Gasteiger partial charge is 0.328 e. The van der Waals surface area contributed by atoms with E-state index in [0.717, 1.165) is 17.0 Å². The molecule has 21 heavy (non-hydrogen) atoms. The normalized spacial score (nSPS) is 17.9. The van der Waals surface area contributed by atoms with Gasteiger partial charge in [0.25, 0.3) is 5.91 Å². The van der Waals surface area contributed by atoms with Crippen LogP contribution in [-0.4, -0.2) is 36.0 Å². The second-order valence-electron chi connectivity index (χ2n) is 4.73. The molecule has 1 aromatic rings. The molecule has 0 saturated carbocycles. The highest BCUT2D eigenvalue weighted by Gasteiger charge is 2.37. The summed E-state index contributed by atoms with van der Waals surface area (Å²) in [5.74, 6) is -3.54. The van der Waals surface area contributed by atoms with Gasteiger partial charge in [0.15, 0.2) is 5.82 Å². The Labute approximate surface area is 120 Å². The Bertz CT molecular complexity index is 578. The number of ether oxygens (including phenoxy) is 1. The zero-order valence-electron chi connectivity index (χ0n) is 11.6. The number of esters is 1. The minimum Gasteiger partial charge on any atom is -0.464 e. The van der Waals surface area contributed by atoms with Crippen molar-refractivity contribution in [1.82, 2.24) is 4.90 Å². The van der Waals surface area contributed by atoms with Crippen molar-refractivity contribution < 1.29 is 23.1 Å². The largest absolute Gasteiger partial charge is 0.464 e. The number of nitrogen functional groups attached to an aromatic ring is 1. The fourth-order valence-corrected chi connectivity index (χ4v) is 2.40. The van der Waals surface area contributed by atoms with Crippen LogP contribution in [0.4, 0.5) is 14.5 Å². The van der Waals surface area contributed by atoms with Gasteiger partial charge >= 0.3 is 5.97 Å². The Morgan fingerprint density at radius 2 is 2.14 bits per heavy atom. The zero-order valence-corrected chi connectivity index (χ0v) is 11.6. The molecule has 114 valence electrons. The summed E-state index contributed by atoms with van der Waals surface area (Å²) in [5.41, 5.74) is 4.32. The number of hydrogen-bond acceptors (Lipinski definition) is 4. The average Bonchev–Trinajstić information content (AvgIpc) is 2.93. The maximum absolute atomic E-state index is 13.9. The van der Waals surface area contributed by atoms with E-state index in [1.54, 1.807) is 6.92 Å². The minimum absolute atomic E-state index is 0.179. The number of anilines is 1. The van der Waals surface area contributed by atoms with Crippen LogP contribution in [0.3, 0.4) is 0 Å². The third kappa shape index (κ3) is 2.81. The van der Waals surface area contributed by atoms with Gasteiger partial charge in [0.05, 0.1) is 12.3 Å². The predicted octanol–water partition coefficient (Wildman–Crippen LogP) is 1.71. The Balaban J connectivity index is 2.31. The van der Waals surface area contributed by atoms with Crippen LogP contribution in [0.25, 0.3) is 0 Å². The van der Waals surface area contributed by atoms with Gasteiger partial charge in [-0.3, -0.25) is 4.79 Å². The van der Waals surface area contributed by atoms with Gasteiger partial charge in [-0.15, -0.1) is 0 Å². The number of rotatable bonds is 3. The lowest BCUT2D eigenvalue weighted by Gasteiger charge is -2.23. The van der Waals surface area contributed by atoms with Crippen LogP contribution in [0.1, 0.15) is 30.1 Å². The summed E-state index contributed by atoms with van der Waals surface area (Å²) in [7, 11) is 0. The Morgan fingerprint density at radius 1 is 1.43 bits per heavy atom. The molecule has 2 N–H and O–H groups in total. The highest BCUT2D eigenvalue weighted by molar-refractivity contribution is 5.98. The fraction of sp³-hybridized carbons (Fsp3) is 0.429. The van der Waals surface area contributed by atoms with Crippen LogP contribution in [0.2, 0.25) is 0 Å². The molecule has 0 aromatic heterocycles. The highest BCUT2D eigenvalue weighted by atomic mass is 19.1. The van der Waals surface area contributed by atoms with Crippen molar-refractivity contribution in [2.45, 2.75) is 25.8 Å². The Morgan fingerprint density at radius 3 is 2.81 bits per heavy atom. The molecule has 1 amide bonds.